The summed E-state index contributed by atoms with van der Waals surface area (Å²) >= 11 is 0. The van der Waals surface area contributed by atoms with Crippen LogP contribution in [0, 0.1) is 10.1 Å². The van der Waals surface area contributed by atoms with Crippen LogP contribution >= 0.6 is 0 Å². The van der Waals surface area contributed by atoms with Crippen LogP contribution in [-0.4, -0.2) is 25.1 Å². The molecule has 0 bridgehead atoms. The lowest BCUT2D eigenvalue weighted by molar-refractivity contribution is -0.421. The summed E-state index contributed by atoms with van der Waals surface area (Å²) < 4.78 is 9.25. The SMILES string of the molecule is COC(=O)/C(=C/Nc1ccc(OC)cc1)[N+](=O)[O-]. The number of benzene rings is 1. The van der Waals surface area contributed by atoms with Crippen molar-refractivity contribution in [1.29, 1.82) is 0 Å². The predicted octanol–water partition coefficient (Wildman–Crippen LogP) is 1.40. The second-order valence-corrected chi connectivity index (χ2v) is 3.15. The molecule has 0 aliphatic rings. The zero-order valence-electron chi connectivity index (χ0n) is 9.88. The van der Waals surface area contributed by atoms with Gasteiger partial charge < -0.3 is 14.8 Å². The zero-order valence-corrected chi connectivity index (χ0v) is 9.88. The Morgan fingerprint density at radius 1 is 1.33 bits per heavy atom. The summed E-state index contributed by atoms with van der Waals surface area (Å²) in [5, 5.41) is 13.2. The highest BCUT2D eigenvalue weighted by Crippen LogP contribution is 2.15. The number of carbonyl (C=O) groups is 1. The van der Waals surface area contributed by atoms with Crippen molar-refractivity contribution in [1.82, 2.24) is 0 Å². The maximum atomic E-state index is 11.1. The Morgan fingerprint density at radius 3 is 2.39 bits per heavy atom. The second-order valence-electron chi connectivity index (χ2n) is 3.15. The number of methoxy groups -OCH3 is 2. The van der Waals surface area contributed by atoms with Crippen molar-refractivity contribution in [2.24, 2.45) is 0 Å². The highest BCUT2D eigenvalue weighted by molar-refractivity contribution is 5.86. The highest BCUT2D eigenvalue weighted by Gasteiger charge is 2.22. The number of nitrogens with zero attached hydrogens (tertiary/aromatic N) is 1. The number of rotatable bonds is 5. The first-order valence-electron chi connectivity index (χ1n) is 4.92. The Bertz CT molecular complexity index is 467. The van der Waals surface area contributed by atoms with E-state index in [-0.39, 0.29) is 0 Å². The van der Waals surface area contributed by atoms with Gasteiger partial charge in [0.05, 0.1) is 25.3 Å². The average molecular weight is 252 g/mol. The Morgan fingerprint density at radius 2 is 1.94 bits per heavy atom. The van der Waals surface area contributed by atoms with Gasteiger partial charge in [0.25, 0.3) is 0 Å². The number of carbonyl (C=O) groups excluding carboxylic acids is 1. The number of anilines is 1. The molecule has 0 aliphatic carbocycles. The van der Waals surface area contributed by atoms with Crippen molar-refractivity contribution >= 4 is 11.7 Å². The Hall–Kier alpha value is -2.57. The van der Waals surface area contributed by atoms with E-state index in [0.29, 0.717) is 11.4 Å². The number of hydrogen-bond donors (Lipinski definition) is 1. The number of nitro groups is 1. The molecule has 0 amide bonds. The van der Waals surface area contributed by atoms with Gasteiger partial charge in [0.15, 0.2) is 0 Å². The first-order chi connectivity index (χ1) is 8.58. The summed E-state index contributed by atoms with van der Waals surface area (Å²) in [6, 6.07) is 6.68. The zero-order chi connectivity index (χ0) is 13.5. The average Bonchev–Trinajstić information content (AvgIpc) is 2.39. The highest BCUT2D eigenvalue weighted by atomic mass is 16.6. The molecule has 1 aromatic rings. The van der Waals surface area contributed by atoms with Gasteiger partial charge in [-0.2, -0.15) is 0 Å². The molecule has 0 aromatic heterocycles. The summed E-state index contributed by atoms with van der Waals surface area (Å²) in [6.45, 7) is 0. The van der Waals surface area contributed by atoms with Crippen LogP contribution in [0.15, 0.2) is 36.2 Å². The van der Waals surface area contributed by atoms with Crippen LogP contribution in [0.25, 0.3) is 0 Å². The molecule has 7 nitrogen and oxygen atoms in total. The largest absolute Gasteiger partial charge is 0.497 e. The molecule has 0 saturated heterocycles. The standard InChI is InChI=1S/C11H12N2O5/c1-17-9-5-3-8(4-6-9)12-7-10(13(15)16)11(14)18-2/h3-7,12H,1-2H3/b10-7-. The van der Waals surface area contributed by atoms with Crippen LogP contribution < -0.4 is 10.1 Å². The maximum absolute atomic E-state index is 11.1. The lowest BCUT2D eigenvalue weighted by Crippen LogP contribution is -2.14. The fourth-order valence-corrected chi connectivity index (χ4v) is 1.13. The molecule has 96 valence electrons. The first kappa shape index (κ1) is 13.5. The summed E-state index contributed by atoms with van der Waals surface area (Å²) in [7, 11) is 2.61. The van der Waals surface area contributed by atoms with Gasteiger partial charge in [-0.1, -0.05) is 0 Å². The lowest BCUT2D eigenvalue weighted by Gasteiger charge is -2.03. The topological polar surface area (TPSA) is 90.7 Å². The van der Waals surface area contributed by atoms with E-state index in [1.165, 1.54) is 7.11 Å². The molecule has 0 unspecified atom stereocenters. The van der Waals surface area contributed by atoms with Gasteiger partial charge >= 0.3 is 11.7 Å². The van der Waals surface area contributed by atoms with E-state index in [0.717, 1.165) is 13.3 Å². The smallest absolute Gasteiger partial charge is 0.411 e. The summed E-state index contributed by atoms with van der Waals surface area (Å²) in [4.78, 5) is 20.9. The maximum Gasteiger partial charge on any atom is 0.411 e. The molecule has 7 heteroatoms. The summed E-state index contributed by atoms with van der Waals surface area (Å²) in [5.41, 5.74) is -0.0904. The van der Waals surface area contributed by atoms with E-state index in [1.807, 2.05) is 0 Å². The van der Waals surface area contributed by atoms with Gasteiger partial charge in [-0.05, 0) is 24.3 Å². The van der Waals surface area contributed by atoms with E-state index in [2.05, 4.69) is 10.1 Å². The minimum atomic E-state index is -1.01. The third kappa shape index (κ3) is 3.48. The monoisotopic (exact) mass is 252 g/mol. The van der Waals surface area contributed by atoms with E-state index >= 15 is 0 Å². The van der Waals surface area contributed by atoms with Gasteiger partial charge in [-0.15, -0.1) is 0 Å². The molecule has 0 saturated carbocycles. The van der Waals surface area contributed by atoms with Gasteiger partial charge in [0.1, 0.15) is 5.75 Å². The molecule has 18 heavy (non-hydrogen) atoms. The van der Waals surface area contributed by atoms with Crippen molar-refractivity contribution < 1.29 is 19.2 Å². The van der Waals surface area contributed by atoms with Crippen LogP contribution in [0.5, 0.6) is 5.75 Å². The molecule has 0 fully saturated rings. The minimum Gasteiger partial charge on any atom is -0.497 e. The fraction of sp³-hybridized carbons (Fsp3) is 0.182. The van der Waals surface area contributed by atoms with E-state index < -0.39 is 16.6 Å². The van der Waals surface area contributed by atoms with Gasteiger partial charge in [0.2, 0.25) is 0 Å². The van der Waals surface area contributed by atoms with Crippen molar-refractivity contribution in [2.45, 2.75) is 0 Å². The van der Waals surface area contributed by atoms with E-state index in [9.17, 15) is 14.9 Å². The number of esters is 1. The molecule has 0 heterocycles. The van der Waals surface area contributed by atoms with Crippen LogP contribution in [-0.2, 0) is 9.53 Å². The third-order valence-corrected chi connectivity index (χ3v) is 2.06. The predicted molar refractivity (Wildman–Crippen MR) is 63.7 cm³/mol. The molecular formula is C11H12N2O5. The van der Waals surface area contributed by atoms with Crippen molar-refractivity contribution in [2.75, 3.05) is 19.5 Å². The molecule has 0 spiro atoms. The third-order valence-electron chi connectivity index (χ3n) is 2.06. The van der Waals surface area contributed by atoms with Crippen LogP contribution in [0.2, 0.25) is 0 Å². The number of ether oxygens (including phenoxy) is 2. The van der Waals surface area contributed by atoms with Crippen molar-refractivity contribution in [3.05, 3.63) is 46.3 Å². The fourth-order valence-electron chi connectivity index (χ4n) is 1.13. The Labute approximate surface area is 103 Å². The molecule has 1 N–H and O–H groups in total. The molecule has 0 atom stereocenters. The molecule has 0 aliphatic heterocycles. The quantitative estimate of drug-likeness (QED) is 0.368. The molecule has 0 radical (unpaired) electrons. The summed E-state index contributed by atoms with van der Waals surface area (Å²) in [5.74, 6) is -0.354. The minimum absolute atomic E-state index is 0.582. The second kappa shape index (κ2) is 6.24. The van der Waals surface area contributed by atoms with Crippen molar-refractivity contribution in [3.63, 3.8) is 0 Å². The number of hydrogen-bond acceptors (Lipinski definition) is 6. The first-order valence-corrected chi connectivity index (χ1v) is 4.92. The normalized spacial score (nSPS) is 10.7. The molecular weight excluding hydrogens is 240 g/mol. The van der Waals surface area contributed by atoms with Crippen LogP contribution in [0.4, 0.5) is 5.69 Å². The van der Waals surface area contributed by atoms with Gasteiger partial charge in [-0.3, -0.25) is 10.1 Å². The van der Waals surface area contributed by atoms with Gasteiger partial charge in [-0.25, -0.2) is 4.79 Å². The Kier molecular flexibility index (Phi) is 4.67. The molecule has 1 aromatic carbocycles. The molecule has 1 rings (SSSR count). The lowest BCUT2D eigenvalue weighted by atomic mass is 10.3. The Balaban J connectivity index is 2.81. The van der Waals surface area contributed by atoms with Crippen LogP contribution in [0.1, 0.15) is 0 Å². The van der Waals surface area contributed by atoms with E-state index in [1.54, 1.807) is 24.3 Å². The summed E-state index contributed by atoms with van der Waals surface area (Å²) in [6.07, 6.45) is 0.980. The van der Waals surface area contributed by atoms with Crippen LogP contribution in [0.3, 0.4) is 0 Å². The van der Waals surface area contributed by atoms with Gasteiger partial charge in [0, 0.05) is 5.69 Å². The number of nitrogens with one attached hydrogen (secondary N) is 1. The van der Waals surface area contributed by atoms with Crippen molar-refractivity contribution in [3.8, 4) is 5.75 Å². The van der Waals surface area contributed by atoms with E-state index in [4.69, 9.17) is 4.74 Å².